The van der Waals surface area contributed by atoms with E-state index in [-0.39, 0.29) is 10.5 Å². The first kappa shape index (κ1) is 17.1. The van der Waals surface area contributed by atoms with Gasteiger partial charge in [0, 0.05) is 6.54 Å². The summed E-state index contributed by atoms with van der Waals surface area (Å²) in [6.45, 7) is 0.836. The number of aryl methyl sites for hydroxylation is 1. The summed E-state index contributed by atoms with van der Waals surface area (Å²) in [6.07, 6.45) is -1.86. The molecular formula is C12H15NO7S. The van der Waals surface area contributed by atoms with Crippen LogP contribution in [0.1, 0.15) is 15.9 Å². The van der Waals surface area contributed by atoms with Gasteiger partial charge in [0.25, 0.3) is 0 Å². The Morgan fingerprint density at radius 3 is 2.52 bits per heavy atom. The van der Waals surface area contributed by atoms with Gasteiger partial charge in [-0.25, -0.2) is 22.7 Å². The second-order valence-electron chi connectivity index (χ2n) is 4.18. The molecule has 0 radical (unpaired) electrons. The number of aliphatic hydroxyl groups is 1. The SMILES string of the molecule is COC(=O)c1ccc(C)c(S(=O)(=O)NCC(O)C(=O)O)c1. The van der Waals surface area contributed by atoms with Crippen molar-refractivity contribution < 1.29 is 33.0 Å². The Labute approximate surface area is 121 Å². The van der Waals surface area contributed by atoms with Crippen LogP contribution in [0.4, 0.5) is 0 Å². The van der Waals surface area contributed by atoms with Crippen molar-refractivity contribution in [2.45, 2.75) is 17.9 Å². The summed E-state index contributed by atoms with van der Waals surface area (Å²) in [5, 5.41) is 17.6. The highest BCUT2D eigenvalue weighted by atomic mass is 32.2. The largest absolute Gasteiger partial charge is 0.479 e. The lowest BCUT2D eigenvalue weighted by Gasteiger charge is -2.11. The molecule has 0 heterocycles. The Bertz CT molecular complexity index is 654. The number of carboxylic acids is 1. The summed E-state index contributed by atoms with van der Waals surface area (Å²) < 4.78 is 30.6. The highest BCUT2D eigenvalue weighted by molar-refractivity contribution is 7.89. The van der Waals surface area contributed by atoms with E-state index in [0.29, 0.717) is 5.56 Å². The zero-order valence-corrected chi connectivity index (χ0v) is 12.2. The molecule has 1 aromatic carbocycles. The molecule has 0 aliphatic rings. The van der Waals surface area contributed by atoms with Gasteiger partial charge in [0.15, 0.2) is 6.10 Å². The minimum atomic E-state index is -4.06. The van der Waals surface area contributed by atoms with E-state index in [1.807, 2.05) is 4.72 Å². The molecule has 1 atom stereocenters. The van der Waals surface area contributed by atoms with Crippen LogP contribution in [-0.4, -0.2) is 50.3 Å². The number of sulfonamides is 1. The summed E-state index contributed by atoms with van der Waals surface area (Å²) in [5.74, 6) is -2.24. The number of esters is 1. The standard InChI is InChI=1S/C12H15NO7S/c1-7-3-4-8(12(17)20-2)5-10(7)21(18,19)13-6-9(14)11(15)16/h3-5,9,13-14H,6H2,1-2H3,(H,15,16). The van der Waals surface area contributed by atoms with Crippen LogP contribution in [0.5, 0.6) is 0 Å². The quantitative estimate of drug-likeness (QED) is 0.603. The number of methoxy groups -OCH3 is 1. The number of hydrogen-bond donors (Lipinski definition) is 3. The molecule has 0 aliphatic carbocycles. The fourth-order valence-electron chi connectivity index (χ4n) is 1.49. The third-order valence-electron chi connectivity index (χ3n) is 2.65. The summed E-state index contributed by atoms with van der Waals surface area (Å²) in [4.78, 5) is 21.7. The van der Waals surface area contributed by atoms with Crippen molar-refractivity contribution in [3.8, 4) is 0 Å². The second kappa shape index (κ2) is 6.66. The maximum atomic E-state index is 12.1. The van der Waals surface area contributed by atoms with Gasteiger partial charge in [0.1, 0.15) is 0 Å². The summed E-state index contributed by atoms with van der Waals surface area (Å²) >= 11 is 0. The Morgan fingerprint density at radius 2 is 2.00 bits per heavy atom. The molecule has 8 nitrogen and oxygen atoms in total. The molecule has 9 heteroatoms. The topological polar surface area (TPSA) is 130 Å². The summed E-state index contributed by atoms with van der Waals surface area (Å²) in [5.41, 5.74) is 0.405. The number of aliphatic carboxylic acids is 1. The minimum Gasteiger partial charge on any atom is -0.479 e. The first-order valence-electron chi connectivity index (χ1n) is 5.78. The molecule has 0 bridgehead atoms. The van der Waals surface area contributed by atoms with E-state index in [9.17, 15) is 18.0 Å². The van der Waals surface area contributed by atoms with Crippen LogP contribution >= 0.6 is 0 Å². The van der Waals surface area contributed by atoms with E-state index in [4.69, 9.17) is 10.2 Å². The average molecular weight is 317 g/mol. The molecule has 0 aliphatic heterocycles. The van der Waals surface area contributed by atoms with Gasteiger partial charge in [-0.3, -0.25) is 0 Å². The van der Waals surface area contributed by atoms with Gasteiger partial charge in [0.2, 0.25) is 10.0 Å². The first-order chi connectivity index (χ1) is 9.69. The number of hydrogen-bond acceptors (Lipinski definition) is 6. The van der Waals surface area contributed by atoms with E-state index in [0.717, 1.165) is 13.2 Å². The minimum absolute atomic E-state index is 0.0438. The number of carbonyl (C=O) groups excluding carboxylic acids is 1. The van der Waals surface area contributed by atoms with E-state index in [1.165, 1.54) is 19.1 Å². The summed E-state index contributed by atoms with van der Waals surface area (Å²) in [7, 11) is -2.90. The number of aliphatic hydroxyl groups excluding tert-OH is 1. The molecular weight excluding hydrogens is 302 g/mol. The van der Waals surface area contributed by atoms with Crippen molar-refractivity contribution in [2.75, 3.05) is 13.7 Å². The number of benzene rings is 1. The Balaban J connectivity index is 3.07. The van der Waals surface area contributed by atoms with Crippen molar-refractivity contribution in [3.63, 3.8) is 0 Å². The van der Waals surface area contributed by atoms with E-state index in [1.54, 1.807) is 0 Å². The molecule has 0 saturated heterocycles. The normalized spacial score (nSPS) is 12.7. The van der Waals surface area contributed by atoms with Gasteiger partial charge in [0.05, 0.1) is 17.6 Å². The molecule has 116 valence electrons. The molecule has 0 spiro atoms. The maximum Gasteiger partial charge on any atom is 0.337 e. The van der Waals surface area contributed by atoms with Gasteiger partial charge in [-0.15, -0.1) is 0 Å². The smallest absolute Gasteiger partial charge is 0.337 e. The molecule has 1 aromatic rings. The van der Waals surface area contributed by atoms with E-state index in [2.05, 4.69) is 4.74 Å². The van der Waals surface area contributed by atoms with Gasteiger partial charge < -0.3 is 14.9 Å². The fraction of sp³-hybridized carbons (Fsp3) is 0.333. The number of ether oxygens (including phenoxy) is 1. The fourth-order valence-corrected chi connectivity index (χ4v) is 2.79. The molecule has 0 saturated carbocycles. The molecule has 0 aromatic heterocycles. The maximum absolute atomic E-state index is 12.1. The van der Waals surface area contributed by atoms with Crippen molar-refractivity contribution in [1.82, 2.24) is 4.72 Å². The molecule has 21 heavy (non-hydrogen) atoms. The number of carbonyl (C=O) groups is 2. The lowest BCUT2D eigenvalue weighted by molar-refractivity contribution is -0.146. The van der Waals surface area contributed by atoms with Crippen LogP contribution in [0.25, 0.3) is 0 Å². The number of rotatable bonds is 6. The highest BCUT2D eigenvalue weighted by Crippen LogP contribution is 2.17. The predicted octanol–water partition coefficient (Wildman–Crippen LogP) is -0.495. The third-order valence-corrected chi connectivity index (χ3v) is 4.22. The van der Waals surface area contributed by atoms with Crippen LogP contribution in [0.2, 0.25) is 0 Å². The lowest BCUT2D eigenvalue weighted by atomic mass is 10.1. The van der Waals surface area contributed by atoms with Crippen molar-refractivity contribution in [1.29, 1.82) is 0 Å². The zero-order chi connectivity index (χ0) is 16.2. The number of nitrogens with one attached hydrogen (secondary N) is 1. The molecule has 0 amide bonds. The molecule has 3 N–H and O–H groups in total. The van der Waals surface area contributed by atoms with Crippen LogP contribution < -0.4 is 4.72 Å². The molecule has 0 fully saturated rings. The lowest BCUT2D eigenvalue weighted by Crippen LogP contribution is -2.36. The van der Waals surface area contributed by atoms with Crippen LogP contribution in [0, 0.1) is 6.92 Å². The first-order valence-corrected chi connectivity index (χ1v) is 7.27. The van der Waals surface area contributed by atoms with Crippen molar-refractivity contribution in [3.05, 3.63) is 29.3 Å². The van der Waals surface area contributed by atoms with E-state index < -0.39 is 34.6 Å². The molecule has 1 unspecified atom stereocenters. The van der Waals surface area contributed by atoms with Crippen molar-refractivity contribution in [2.24, 2.45) is 0 Å². The van der Waals surface area contributed by atoms with Crippen LogP contribution in [0.3, 0.4) is 0 Å². The summed E-state index contributed by atoms with van der Waals surface area (Å²) in [6, 6.07) is 3.96. The average Bonchev–Trinajstić information content (AvgIpc) is 2.44. The monoisotopic (exact) mass is 317 g/mol. The Kier molecular flexibility index (Phi) is 5.41. The van der Waals surface area contributed by atoms with Gasteiger partial charge >= 0.3 is 11.9 Å². The second-order valence-corrected chi connectivity index (χ2v) is 5.91. The van der Waals surface area contributed by atoms with Crippen LogP contribution in [0.15, 0.2) is 23.1 Å². The molecule has 1 rings (SSSR count). The Morgan fingerprint density at radius 1 is 1.38 bits per heavy atom. The van der Waals surface area contributed by atoms with Crippen LogP contribution in [-0.2, 0) is 19.6 Å². The Hall–Kier alpha value is -1.97. The van der Waals surface area contributed by atoms with Gasteiger partial charge in [-0.2, -0.15) is 0 Å². The third kappa shape index (κ3) is 4.25. The number of carboxylic acid groups (broad SMARTS) is 1. The van der Waals surface area contributed by atoms with E-state index >= 15 is 0 Å². The van der Waals surface area contributed by atoms with Gasteiger partial charge in [-0.05, 0) is 24.6 Å². The van der Waals surface area contributed by atoms with Crippen molar-refractivity contribution >= 4 is 22.0 Å². The zero-order valence-electron chi connectivity index (χ0n) is 11.4. The predicted molar refractivity (Wildman–Crippen MR) is 71.3 cm³/mol. The highest BCUT2D eigenvalue weighted by Gasteiger charge is 2.22. The van der Waals surface area contributed by atoms with Gasteiger partial charge in [-0.1, -0.05) is 6.07 Å².